The van der Waals surface area contributed by atoms with Crippen LogP contribution in [0.3, 0.4) is 0 Å². The molecule has 0 saturated heterocycles. The van der Waals surface area contributed by atoms with Crippen LogP contribution < -0.4 is 53.6 Å². The molecular formula is C104H138Cl4N12O16. The highest BCUT2D eigenvalue weighted by atomic mass is 35.5. The number of amides is 9. The third-order valence-corrected chi connectivity index (χ3v) is 28.1. The van der Waals surface area contributed by atoms with E-state index in [0.717, 1.165) is 155 Å². The van der Waals surface area contributed by atoms with Crippen molar-refractivity contribution in [1.82, 2.24) is 47.2 Å². The summed E-state index contributed by atoms with van der Waals surface area (Å²) in [6.45, 7) is 20.5. The molecule has 11 N–H and O–H groups in total. The minimum absolute atomic E-state index is 0.00163. The Kier molecular flexibility index (Phi) is 41.3. The van der Waals surface area contributed by atoms with E-state index in [9.17, 15) is 43.2 Å². The summed E-state index contributed by atoms with van der Waals surface area (Å²) in [6.07, 6.45) is 31.5. The van der Waals surface area contributed by atoms with Crippen LogP contribution in [-0.2, 0) is 83.8 Å². The number of anilines is 2. The molecule has 0 spiro atoms. The van der Waals surface area contributed by atoms with Gasteiger partial charge in [0.15, 0.2) is 0 Å². The molecule has 0 aliphatic heterocycles. The first kappa shape index (κ1) is 109. The molecule has 4 aromatic carbocycles. The molecule has 8 aliphatic carbocycles. The second-order valence-corrected chi connectivity index (χ2v) is 42.2. The zero-order valence-corrected chi connectivity index (χ0v) is 83.2. The van der Waals surface area contributed by atoms with E-state index in [-0.39, 0.29) is 89.7 Å². The number of aromatic nitrogens is 2. The van der Waals surface area contributed by atoms with E-state index < -0.39 is 56.7 Å². The first-order valence-corrected chi connectivity index (χ1v) is 49.5. The van der Waals surface area contributed by atoms with Gasteiger partial charge in [0.25, 0.3) is 0 Å². The summed E-state index contributed by atoms with van der Waals surface area (Å²) in [6, 6.07) is 36.5. The van der Waals surface area contributed by atoms with Crippen LogP contribution in [0.25, 0.3) is 0 Å². The predicted octanol–water partition coefficient (Wildman–Crippen LogP) is 18.7. The van der Waals surface area contributed by atoms with E-state index in [0.29, 0.717) is 76.9 Å². The number of rotatable bonds is 29. The maximum Gasteiger partial charge on any atom is 0.407 e. The van der Waals surface area contributed by atoms with E-state index in [2.05, 4.69) is 64.7 Å². The van der Waals surface area contributed by atoms with Gasteiger partial charge in [-0.05, 0) is 315 Å². The van der Waals surface area contributed by atoms with E-state index in [1.165, 1.54) is 44.9 Å². The van der Waals surface area contributed by atoms with Crippen LogP contribution in [0.15, 0.2) is 146 Å². The van der Waals surface area contributed by atoms with Crippen LogP contribution in [0.4, 0.5) is 25.8 Å². The highest BCUT2D eigenvalue weighted by Gasteiger charge is 2.55. The summed E-state index contributed by atoms with van der Waals surface area (Å²) in [7, 11) is 0. The Hall–Kier alpha value is -10.3. The first-order valence-electron chi connectivity index (χ1n) is 48.0. The summed E-state index contributed by atoms with van der Waals surface area (Å²) < 4.78 is 16.5. The van der Waals surface area contributed by atoms with Crippen molar-refractivity contribution in [3.63, 3.8) is 0 Å². The number of pyridine rings is 2. The normalized spacial score (nSPS) is 20.9. The number of nitrogens with two attached hydrogens (primary N) is 1. The number of benzene rings is 4. The van der Waals surface area contributed by atoms with Crippen molar-refractivity contribution in [3.8, 4) is 0 Å². The van der Waals surface area contributed by atoms with Gasteiger partial charge in [0.1, 0.15) is 16.8 Å². The molecular weight excluding hydrogens is 1820 g/mol. The average Bonchev–Trinajstić information content (AvgIpc) is 1.62. The van der Waals surface area contributed by atoms with Gasteiger partial charge in [0.2, 0.25) is 35.4 Å². The zero-order valence-electron chi connectivity index (χ0n) is 80.1. The van der Waals surface area contributed by atoms with E-state index in [4.69, 9.17) is 85.5 Å². The van der Waals surface area contributed by atoms with Crippen molar-refractivity contribution in [3.05, 3.63) is 188 Å². The van der Waals surface area contributed by atoms with Gasteiger partial charge < -0.3 is 67.8 Å². The fraction of sp³-hybridized carbons (Fsp3) is 0.567. The van der Waals surface area contributed by atoms with Crippen molar-refractivity contribution in [2.24, 2.45) is 47.2 Å². The van der Waals surface area contributed by atoms with E-state index in [1.54, 1.807) is 61.2 Å². The van der Waals surface area contributed by atoms with Gasteiger partial charge in [0.05, 0.1) is 39.8 Å². The molecule has 8 saturated carbocycles. The molecule has 9 amide bonds. The van der Waals surface area contributed by atoms with Crippen LogP contribution >= 0.6 is 46.4 Å². The molecule has 6 aromatic rings. The molecule has 0 bridgehead atoms. The summed E-state index contributed by atoms with van der Waals surface area (Å²) >= 11 is 24.0. The van der Waals surface area contributed by atoms with Crippen LogP contribution in [0.1, 0.15) is 265 Å². The lowest BCUT2D eigenvalue weighted by molar-refractivity contribution is -0.193. The first-order chi connectivity index (χ1) is 64.7. The lowest BCUT2D eigenvalue weighted by atomic mass is 9.77. The monoisotopic (exact) mass is 1950 g/mol. The highest BCUT2D eigenvalue weighted by Crippen LogP contribution is 2.52. The molecule has 2 aromatic heterocycles. The van der Waals surface area contributed by atoms with Gasteiger partial charge >= 0.3 is 30.6 Å². The van der Waals surface area contributed by atoms with E-state index >= 15 is 0 Å². The summed E-state index contributed by atoms with van der Waals surface area (Å²) in [5.74, 6) is 1.97. The second-order valence-electron chi connectivity index (χ2n) is 40.4. The zero-order chi connectivity index (χ0) is 99.0. The molecule has 14 rings (SSSR count). The van der Waals surface area contributed by atoms with Gasteiger partial charge in [-0.2, -0.15) is 19.2 Å². The molecule has 4 atom stereocenters. The molecule has 738 valence electrons. The maximum atomic E-state index is 13.3. The molecule has 32 heteroatoms. The summed E-state index contributed by atoms with van der Waals surface area (Å²) in [5.41, 5.74) is 8.32. The molecule has 2 heterocycles. The van der Waals surface area contributed by atoms with Gasteiger partial charge in [-0.25, -0.2) is 14.4 Å². The smallest absolute Gasteiger partial charge is 0.407 e. The predicted molar refractivity (Wildman–Crippen MR) is 523 cm³/mol. The molecule has 8 aliphatic rings. The maximum absolute atomic E-state index is 13.3. The SMILES string of the molecule is CC(C)(C)OC(=O)NC(CNC(=O)C1(c2ccc(Cl)cc2)CC1)C1CCC(C(=O)Nc2ccncc2)CC1.CC(C)(C)OC(=O)NC(CNC(=O)C1(c2ccc(Cl)cc2)CC1)C1CCCCC1.CCCC1CCC(C(CNC(=O)C2(c3ccc(Cl)cc3)CC2)NC(=O)OC(C)(C)C)CC1.NC(CNC(=O)C1(c2ccc(Cl)cc2)CC1)C1CCC(C(=O)Nc2ccncc2)CC1.O=C=O.O=C=O. The topological polar surface area (TPSA) is 410 Å². The van der Waals surface area contributed by atoms with E-state index in [1.807, 2.05) is 147 Å². The van der Waals surface area contributed by atoms with Crippen LogP contribution in [-0.4, -0.2) is 143 Å². The number of carbonyl (C=O) groups is 9. The Balaban J connectivity index is 0.000000200. The fourth-order valence-corrected chi connectivity index (χ4v) is 19.5. The second kappa shape index (κ2) is 51.4. The fourth-order valence-electron chi connectivity index (χ4n) is 19.0. The Labute approximate surface area is 820 Å². The third kappa shape index (κ3) is 34.1. The van der Waals surface area contributed by atoms with Crippen molar-refractivity contribution >= 4 is 124 Å². The van der Waals surface area contributed by atoms with Crippen LogP contribution in [0.2, 0.25) is 20.1 Å². The van der Waals surface area contributed by atoms with Crippen molar-refractivity contribution in [1.29, 1.82) is 0 Å². The number of nitrogens with one attached hydrogen (secondary N) is 9. The Bertz CT molecular complexity index is 4910. The summed E-state index contributed by atoms with van der Waals surface area (Å²) in [5, 5.41) is 30.1. The van der Waals surface area contributed by atoms with Crippen LogP contribution in [0, 0.1) is 41.4 Å². The Morgan fingerprint density at radius 2 is 0.618 bits per heavy atom. The lowest BCUT2D eigenvalue weighted by Crippen LogP contribution is -2.51. The highest BCUT2D eigenvalue weighted by molar-refractivity contribution is 6.31. The number of carbonyl (C=O) groups excluding carboxylic acids is 13. The third-order valence-electron chi connectivity index (χ3n) is 27.1. The quantitative estimate of drug-likeness (QED) is 0.0195. The van der Waals surface area contributed by atoms with Crippen molar-refractivity contribution in [2.45, 2.75) is 305 Å². The lowest BCUT2D eigenvalue weighted by Gasteiger charge is -2.35. The van der Waals surface area contributed by atoms with Crippen LogP contribution in [0.5, 0.6) is 0 Å². The number of hydrogen-bond donors (Lipinski definition) is 10. The van der Waals surface area contributed by atoms with Crippen molar-refractivity contribution < 1.29 is 76.5 Å². The number of alkyl carbamates (subject to hydrolysis) is 3. The van der Waals surface area contributed by atoms with Gasteiger partial charge in [-0.3, -0.25) is 38.7 Å². The summed E-state index contributed by atoms with van der Waals surface area (Å²) in [4.78, 5) is 156. The molecule has 0 radical (unpaired) electrons. The molecule has 4 unspecified atom stereocenters. The number of hydrogen-bond acceptors (Lipinski definition) is 19. The minimum Gasteiger partial charge on any atom is -0.444 e. The van der Waals surface area contributed by atoms with Gasteiger partial charge in [-0.15, -0.1) is 0 Å². The standard InChI is InChI=1S/C29H37ClN4O4.C26H39ClN2O3.C24H29ClN4O2.C23H33ClN2O3.2CO2/c1-28(2,3)38-27(37)34-24(18-32-26(36)29(14-15-29)21-8-10-22(30)11-9-21)19-4-6-20(7-5-19)25(35)33-23-12-16-31-17-13-23;1-5-6-18-7-9-19(10-8-18)22(29-24(31)32-25(2,3)4)17-28-23(30)26(15-16-26)20-11-13-21(27)14-12-20;25-19-7-5-18(6-8-19)24(11-12-24)23(31)28-15-21(26)16-1-3-17(4-2-16)22(30)29-20-9-13-27-14-10-20;1-22(2,3)29-21(28)26-19(16-7-5-4-6-8-16)15-25-20(27)23(13-14-23)17-9-11-18(24)12-10-17;2*2-1-3/h8-13,16-17,19-20,24H,4-7,14-15,18H2,1-3H3,(H,32,36)(H,34,37)(H,31,33,35);11-14,18-19,22H,5-10,15-17H2,1-4H3,(H,28,30)(H,29,31);5-10,13-14,16-17,21H,1-4,11-12,15,26H2,(H,28,31)(H,27,29,30);9-12,16,19H,4-8,13-15H2,1-3H3,(H,25,27)(H,26,28);;. The molecule has 28 nitrogen and oxygen atoms in total. The molecule has 136 heavy (non-hydrogen) atoms. The minimum atomic E-state index is -0.632. The van der Waals surface area contributed by atoms with Gasteiger partial charge in [-0.1, -0.05) is 147 Å². The Morgan fingerprint density at radius 3 is 0.875 bits per heavy atom. The Morgan fingerprint density at radius 1 is 0.368 bits per heavy atom. The molecule has 8 fully saturated rings. The van der Waals surface area contributed by atoms with Crippen molar-refractivity contribution in [2.75, 3.05) is 36.8 Å². The average molecular weight is 1950 g/mol. The number of ether oxygens (including phenoxy) is 3. The largest absolute Gasteiger partial charge is 0.444 e. The van der Waals surface area contributed by atoms with Gasteiger partial charge in [0, 0.05) is 100 Å². The number of nitrogens with zero attached hydrogens (tertiary/aromatic N) is 2. The number of halogens is 4.